The Morgan fingerprint density at radius 2 is 0.750 bits per heavy atom. The van der Waals surface area contributed by atoms with Crippen molar-refractivity contribution < 1.29 is 14.3 Å². The van der Waals surface area contributed by atoms with Crippen molar-refractivity contribution in [3.8, 4) is 0 Å². The fraction of sp³-hybridized carbons (Fsp3) is 0.456. The molecule has 328 valence electrons. The van der Waals surface area contributed by atoms with Crippen molar-refractivity contribution in [3.63, 3.8) is 0 Å². The van der Waals surface area contributed by atoms with Crippen LogP contribution in [0.25, 0.3) is 0 Å². The molecule has 0 aromatic heterocycles. The molecule has 0 fully saturated rings. The zero-order chi connectivity index (χ0) is 46.0. The molecule has 5 rings (SSSR count). The zero-order valence-corrected chi connectivity index (χ0v) is 41.3. The molecule has 0 aliphatic heterocycles. The lowest BCUT2D eigenvalue weighted by Gasteiger charge is -2.19. The van der Waals surface area contributed by atoms with E-state index in [9.17, 15) is 4.79 Å². The van der Waals surface area contributed by atoms with Crippen LogP contribution in [0.2, 0.25) is 0 Å². The van der Waals surface area contributed by atoms with Crippen LogP contribution in [0.5, 0.6) is 0 Å². The van der Waals surface area contributed by atoms with Gasteiger partial charge in [0.05, 0.1) is 13.2 Å². The molecule has 3 heteroatoms. The zero-order valence-electron chi connectivity index (χ0n) is 41.3. The lowest BCUT2D eigenvalue weighted by molar-refractivity contribution is 0.112. The minimum Gasteiger partial charge on any atom is -0.380 e. The van der Waals surface area contributed by atoms with Gasteiger partial charge in [0.25, 0.3) is 0 Å². The molecular weight excluding hydrogens is 733 g/mol. The molecular formula is C57H82O3. The summed E-state index contributed by atoms with van der Waals surface area (Å²) < 4.78 is 10.1. The third-order valence-electron chi connectivity index (χ3n) is 9.93. The third-order valence-corrected chi connectivity index (χ3v) is 9.93. The highest BCUT2D eigenvalue weighted by Gasteiger charge is 2.16. The summed E-state index contributed by atoms with van der Waals surface area (Å²) in [7, 11) is 3.45. The van der Waals surface area contributed by atoms with E-state index in [2.05, 4.69) is 215 Å². The summed E-state index contributed by atoms with van der Waals surface area (Å²) in [5, 5.41) is 0. The molecule has 5 aromatic carbocycles. The van der Waals surface area contributed by atoms with Gasteiger partial charge < -0.3 is 9.47 Å². The lowest BCUT2D eigenvalue weighted by Crippen LogP contribution is -2.11. The summed E-state index contributed by atoms with van der Waals surface area (Å²) in [5.74, 6) is 0. The Morgan fingerprint density at radius 3 is 1.13 bits per heavy atom. The van der Waals surface area contributed by atoms with E-state index in [1.807, 2.05) is 24.3 Å². The Labute approximate surface area is 368 Å². The van der Waals surface area contributed by atoms with Gasteiger partial charge in [-0.05, 0) is 85.9 Å². The van der Waals surface area contributed by atoms with E-state index < -0.39 is 0 Å². The van der Waals surface area contributed by atoms with Crippen molar-refractivity contribution in [1.82, 2.24) is 0 Å². The number of hydrogen-bond acceptors (Lipinski definition) is 3. The largest absolute Gasteiger partial charge is 0.380 e. The lowest BCUT2D eigenvalue weighted by atomic mass is 9.86. The maximum Gasteiger partial charge on any atom is 0.150 e. The summed E-state index contributed by atoms with van der Waals surface area (Å²) in [6.45, 7) is 38.8. The van der Waals surface area contributed by atoms with Crippen LogP contribution >= 0.6 is 0 Å². The van der Waals surface area contributed by atoms with Gasteiger partial charge in [-0.1, -0.05) is 230 Å². The van der Waals surface area contributed by atoms with Crippen LogP contribution in [0.4, 0.5) is 0 Å². The van der Waals surface area contributed by atoms with Gasteiger partial charge in [-0.15, -0.1) is 0 Å². The Balaban J connectivity index is 0.000000376. The molecule has 0 N–H and O–H groups in total. The predicted molar refractivity (Wildman–Crippen MR) is 262 cm³/mol. The Hall–Kier alpha value is -4.31. The Morgan fingerprint density at radius 1 is 0.383 bits per heavy atom. The standard InChI is InChI=1S/2C12H18O.C11H14O.2C11H16/c1-12(2,3)11-7-5-10(6-8-11)9-13-4;1-12(2,3)11-7-5-6-10(8-11)9-13-4;1-11(2,3)10-6-4-5-9(7-10)8-12;1-9-5-7-10(8-6-9)11(2,3)4;1-9-6-5-7-10(8-9)11(2,3)4/h2*5-8H,9H2,1-4H3;4-8H,1-3H3;2*5-8H,1-4H3. The molecule has 0 spiro atoms. The average Bonchev–Trinajstić information content (AvgIpc) is 3.15. The van der Waals surface area contributed by atoms with E-state index in [1.165, 1.54) is 50.1 Å². The van der Waals surface area contributed by atoms with Crippen molar-refractivity contribution in [3.05, 3.63) is 177 Å². The molecule has 60 heavy (non-hydrogen) atoms. The molecule has 0 heterocycles. The quantitative estimate of drug-likeness (QED) is 0.166. The number of aryl methyl sites for hydroxylation is 2. The van der Waals surface area contributed by atoms with Crippen LogP contribution in [-0.4, -0.2) is 20.5 Å². The van der Waals surface area contributed by atoms with Crippen LogP contribution in [-0.2, 0) is 49.8 Å². The summed E-state index contributed by atoms with van der Waals surface area (Å²) in [5.41, 5.74) is 13.8. The van der Waals surface area contributed by atoms with E-state index in [1.54, 1.807) is 14.2 Å². The molecule has 0 saturated carbocycles. The van der Waals surface area contributed by atoms with Gasteiger partial charge in [0, 0.05) is 19.8 Å². The van der Waals surface area contributed by atoms with Gasteiger partial charge in [-0.25, -0.2) is 0 Å². The number of aldehydes is 1. The van der Waals surface area contributed by atoms with E-state index in [4.69, 9.17) is 9.47 Å². The van der Waals surface area contributed by atoms with Gasteiger partial charge in [0.1, 0.15) is 6.29 Å². The summed E-state index contributed by atoms with van der Waals surface area (Å²) >= 11 is 0. The van der Waals surface area contributed by atoms with Crippen molar-refractivity contribution >= 4 is 6.29 Å². The van der Waals surface area contributed by atoms with Crippen LogP contribution in [0.15, 0.2) is 121 Å². The van der Waals surface area contributed by atoms with Gasteiger partial charge in [-0.3, -0.25) is 4.79 Å². The number of ether oxygens (including phenoxy) is 2. The van der Waals surface area contributed by atoms with E-state index >= 15 is 0 Å². The van der Waals surface area contributed by atoms with Gasteiger partial charge in [0.2, 0.25) is 0 Å². The highest BCUT2D eigenvalue weighted by Crippen LogP contribution is 2.26. The predicted octanol–water partition coefficient (Wildman–Crippen LogP) is 15.6. The van der Waals surface area contributed by atoms with Gasteiger partial charge >= 0.3 is 0 Å². The van der Waals surface area contributed by atoms with Crippen molar-refractivity contribution in [2.45, 2.75) is 158 Å². The maximum atomic E-state index is 10.5. The van der Waals surface area contributed by atoms with Crippen LogP contribution < -0.4 is 0 Å². The van der Waals surface area contributed by atoms with Crippen molar-refractivity contribution in [2.75, 3.05) is 14.2 Å². The Kier molecular flexibility index (Phi) is 21.7. The summed E-state index contributed by atoms with van der Waals surface area (Å²) in [4.78, 5) is 10.5. The third kappa shape index (κ3) is 21.3. The number of rotatable bonds is 5. The first-order chi connectivity index (χ1) is 27.6. The van der Waals surface area contributed by atoms with Gasteiger partial charge in [-0.2, -0.15) is 0 Å². The van der Waals surface area contributed by atoms with Crippen molar-refractivity contribution in [2.24, 2.45) is 0 Å². The molecule has 0 atom stereocenters. The van der Waals surface area contributed by atoms with E-state index in [-0.39, 0.29) is 27.1 Å². The van der Waals surface area contributed by atoms with Crippen LogP contribution in [0.1, 0.15) is 164 Å². The number of carbonyl (C=O) groups is 1. The number of methoxy groups -OCH3 is 2. The second-order valence-electron chi connectivity index (χ2n) is 21.0. The highest BCUT2D eigenvalue weighted by atomic mass is 16.5. The molecule has 0 radical (unpaired) electrons. The fourth-order valence-electron chi connectivity index (χ4n) is 5.81. The normalized spacial score (nSPS) is 11.6. The first-order valence-electron chi connectivity index (χ1n) is 21.5. The fourth-order valence-corrected chi connectivity index (χ4v) is 5.81. The second kappa shape index (κ2) is 24.2. The van der Waals surface area contributed by atoms with Crippen molar-refractivity contribution in [1.29, 1.82) is 0 Å². The molecule has 0 bridgehead atoms. The molecule has 3 nitrogen and oxygen atoms in total. The highest BCUT2D eigenvalue weighted by molar-refractivity contribution is 5.75. The van der Waals surface area contributed by atoms with Crippen LogP contribution in [0, 0.1) is 13.8 Å². The molecule has 0 unspecified atom stereocenters. The number of hydrogen-bond donors (Lipinski definition) is 0. The van der Waals surface area contributed by atoms with E-state index in [0.717, 1.165) is 11.8 Å². The Bertz CT molecular complexity index is 1950. The van der Waals surface area contributed by atoms with Crippen LogP contribution in [0.3, 0.4) is 0 Å². The topological polar surface area (TPSA) is 35.5 Å². The first kappa shape index (κ1) is 53.7. The molecule has 0 aliphatic carbocycles. The maximum absolute atomic E-state index is 10.5. The molecule has 0 amide bonds. The average molecular weight is 815 g/mol. The number of carbonyl (C=O) groups excluding carboxylic acids is 1. The van der Waals surface area contributed by atoms with Gasteiger partial charge in [0.15, 0.2) is 0 Å². The molecule has 0 saturated heterocycles. The SMILES string of the molecule is CC(C)(C)c1cccc(C=O)c1.COCc1ccc(C(C)(C)C)cc1.COCc1cccc(C(C)(C)C)c1.Cc1ccc(C(C)(C)C)cc1.Cc1cccc(C(C)(C)C)c1. The number of benzene rings is 5. The van der Waals surface area contributed by atoms with E-state index in [0.29, 0.717) is 13.2 Å². The summed E-state index contributed by atoms with van der Waals surface area (Å²) in [6, 6.07) is 42.3. The minimum atomic E-state index is 0.124. The monoisotopic (exact) mass is 815 g/mol. The molecule has 0 aliphatic rings. The molecule has 5 aromatic rings. The summed E-state index contributed by atoms with van der Waals surface area (Å²) in [6.07, 6.45) is 0.884. The first-order valence-corrected chi connectivity index (χ1v) is 21.5. The minimum absolute atomic E-state index is 0.124. The second-order valence-corrected chi connectivity index (χ2v) is 21.0. The smallest absolute Gasteiger partial charge is 0.150 e.